The normalized spacial score (nSPS) is 13.9. The predicted octanol–water partition coefficient (Wildman–Crippen LogP) is 5.29. The Balaban J connectivity index is 2.87. The third-order valence-electron chi connectivity index (χ3n) is 3.02. The van der Waals surface area contributed by atoms with E-state index in [1.54, 1.807) is 6.07 Å². The van der Waals surface area contributed by atoms with Crippen LogP contribution in [0.2, 0.25) is 0 Å². The van der Waals surface area contributed by atoms with E-state index in [2.05, 4.69) is 29.8 Å². The molecule has 1 rings (SSSR count). The molecule has 0 saturated carbocycles. The van der Waals surface area contributed by atoms with E-state index in [1.807, 2.05) is 0 Å². The molecule has 1 unspecified atom stereocenters. The van der Waals surface area contributed by atoms with Crippen molar-refractivity contribution < 1.29 is 13.2 Å². The summed E-state index contributed by atoms with van der Waals surface area (Å²) in [6.45, 7) is 4.18. The Morgan fingerprint density at radius 3 is 2.37 bits per heavy atom. The smallest absolute Gasteiger partial charge is 0.324 e. The van der Waals surface area contributed by atoms with Crippen molar-refractivity contribution in [3.05, 3.63) is 33.8 Å². The van der Waals surface area contributed by atoms with Gasteiger partial charge in [0.2, 0.25) is 0 Å². The number of benzene rings is 1. The molecule has 0 bridgehead atoms. The van der Waals surface area contributed by atoms with Gasteiger partial charge in [0.25, 0.3) is 0 Å². The van der Waals surface area contributed by atoms with Gasteiger partial charge in [-0.25, -0.2) is 0 Å². The molecule has 1 aromatic carbocycles. The highest BCUT2D eigenvalue weighted by molar-refractivity contribution is 9.10. The van der Waals surface area contributed by atoms with Gasteiger partial charge in [0.15, 0.2) is 0 Å². The predicted molar refractivity (Wildman–Crippen MR) is 74.8 cm³/mol. The van der Waals surface area contributed by atoms with Crippen LogP contribution < -0.4 is 5.73 Å². The Kier molecular flexibility index (Phi) is 5.86. The molecule has 0 radical (unpaired) electrons. The molecule has 0 amide bonds. The SMILES string of the molecule is CC(C)CCCC(N)c1ccc(Br)cc1C(F)(F)F. The van der Waals surface area contributed by atoms with Crippen molar-refractivity contribution in [2.24, 2.45) is 11.7 Å². The fourth-order valence-corrected chi connectivity index (χ4v) is 2.36. The van der Waals surface area contributed by atoms with Gasteiger partial charge in [-0.15, -0.1) is 0 Å². The molecule has 0 heterocycles. The Morgan fingerprint density at radius 2 is 1.84 bits per heavy atom. The highest BCUT2D eigenvalue weighted by Crippen LogP contribution is 2.36. The van der Waals surface area contributed by atoms with Crippen molar-refractivity contribution in [3.63, 3.8) is 0 Å². The lowest BCUT2D eigenvalue weighted by Gasteiger charge is -2.19. The maximum atomic E-state index is 13.0. The Morgan fingerprint density at radius 1 is 1.21 bits per heavy atom. The molecule has 0 saturated heterocycles. The zero-order chi connectivity index (χ0) is 14.6. The van der Waals surface area contributed by atoms with E-state index >= 15 is 0 Å². The molecule has 2 N–H and O–H groups in total. The minimum atomic E-state index is -4.37. The van der Waals surface area contributed by atoms with Gasteiger partial charge in [-0.3, -0.25) is 0 Å². The van der Waals surface area contributed by atoms with Crippen LogP contribution >= 0.6 is 15.9 Å². The van der Waals surface area contributed by atoms with Crippen LogP contribution in [-0.4, -0.2) is 0 Å². The maximum absolute atomic E-state index is 13.0. The summed E-state index contributed by atoms with van der Waals surface area (Å²) in [7, 11) is 0. The van der Waals surface area contributed by atoms with Gasteiger partial charge in [-0.05, 0) is 30.0 Å². The van der Waals surface area contributed by atoms with Crippen molar-refractivity contribution in [1.29, 1.82) is 0 Å². The molecule has 0 fully saturated rings. The molecule has 0 spiro atoms. The van der Waals surface area contributed by atoms with Crippen LogP contribution in [0.4, 0.5) is 13.2 Å². The largest absolute Gasteiger partial charge is 0.416 e. The number of halogens is 4. The van der Waals surface area contributed by atoms with E-state index in [1.165, 1.54) is 6.07 Å². The summed E-state index contributed by atoms with van der Waals surface area (Å²) in [6.07, 6.45) is -1.98. The van der Waals surface area contributed by atoms with Crippen LogP contribution in [0.1, 0.15) is 50.3 Å². The van der Waals surface area contributed by atoms with E-state index in [0.29, 0.717) is 16.8 Å². The second-order valence-corrected chi connectivity index (χ2v) is 6.08. The van der Waals surface area contributed by atoms with E-state index < -0.39 is 17.8 Å². The van der Waals surface area contributed by atoms with Crippen molar-refractivity contribution >= 4 is 15.9 Å². The van der Waals surface area contributed by atoms with Crippen LogP contribution in [0, 0.1) is 5.92 Å². The highest BCUT2D eigenvalue weighted by atomic mass is 79.9. The molecule has 0 aliphatic carbocycles. The first-order chi connectivity index (χ1) is 8.71. The molecular formula is C14H19BrF3N. The average molecular weight is 338 g/mol. The summed E-state index contributed by atoms with van der Waals surface area (Å²) in [6, 6.07) is 3.60. The zero-order valence-electron chi connectivity index (χ0n) is 11.1. The lowest BCUT2D eigenvalue weighted by Crippen LogP contribution is -2.17. The maximum Gasteiger partial charge on any atom is 0.416 e. The van der Waals surface area contributed by atoms with Crippen molar-refractivity contribution in [1.82, 2.24) is 0 Å². The standard InChI is InChI=1S/C14H19BrF3N/c1-9(2)4-3-5-13(19)11-7-6-10(15)8-12(11)14(16,17)18/h6-9,13H,3-5,19H2,1-2H3. The topological polar surface area (TPSA) is 26.0 Å². The highest BCUT2D eigenvalue weighted by Gasteiger charge is 2.34. The van der Waals surface area contributed by atoms with Crippen molar-refractivity contribution in [3.8, 4) is 0 Å². The van der Waals surface area contributed by atoms with Gasteiger partial charge in [0, 0.05) is 10.5 Å². The lowest BCUT2D eigenvalue weighted by molar-refractivity contribution is -0.138. The van der Waals surface area contributed by atoms with Gasteiger partial charge in [-0.2, -0.15) is 13.2 Å². The molecule has 1 atom stereocenters. The second-order valence-electron chi connectivity index (χ2n) is 5.16. The van der Waals surface area contributed by atoms with E-state index in [4.69, 9.17) is 5.73 Å². The molecule has 0 aromatic heterocycles. The van der Waals surface area contributed by atoms with Crippen molar-refractivity contribution in [2.45, 2.75) is 45.3 Å². The van der Waals surface area contributed by atoms with E-state index in [0.717, 1.165) is 18.9 Å². The Hall–Kier alpha value is -0.550. The Labute approximate surface area is 120 Å². The first-order valence-corrected chi connectivity index (χ1v) is 7.13. The van der Waals surface area contributed by atoms with Gasteiger partial charge in [-0.1, -0.05) is 48.7 Å². The third kappa shape index (κ3) is 5.15. The fraction of sp³-hybridized carbons (Fsp3) is 0.571. The molecule has 108 valence electrons. The van der Waals surface area contributed by atoms with Gasteiger partial charge in [0.1, 0.15) is 0 Å². The number of alkyl halides is 3. The molecule has 5 heteroatoms. The Bertz CT molecular complexity index is 416. The number of nitrogens with two attached hydrogens (primary N) is 1. The summed E-state index contributed by atoms with van der Waals surface area (Å²) in [5, 5.41) is 0. The number of rotatable bonds is 5. The fourth-order valence-electron chi connectivity index (χ4n) is 2.00. The number of hydrogen-bond donors (Lipinski definition) is 1. The summed E-state index contributed by atoms with van der Waals surface area (Å²) in [5.41, 5.74) is 5.45. The summed E-state index contributed by atoms with van der Waals surface area (Å²) >= 11 is 3.07. The quantitative estimate of drug-likeness (QED) is 0.775. The van der Waals surface area contributed by atoms with Crippen LogP contribution in [0.25, 0.3) is 0 Å². The van der Waals surface area contributed by atoms with Crippen LogP contribution in [0.5, 0.6) is 0 Å². The monoisotopic (exact) mass is 337 g/mol. The molecule has 1 nitrogen and oxygen atoms in total. The first kappa shape index (κ1) is 16.5. The van der Waals surface area contributed by atoms with E-state index in [-0.39, 0.29) is 5.56 Å². The van der Waals surface area contributed by atoms with Crippen LogP contribution in [0.15, 0.2) is 22.7 Å². The molecule has 19 heavy (non-hydrogen) atoms. The van der Waals surface area contributed by atoms with Gasteiger partial charge >= 0.3 is 6.18 Å². The van der Waals surface area contributed by atoms with Gasteiger partial charge in [0.05, 0.1) is 5.56 Å². The van der Waals surface area contributed by atoms with Crippen LogP contribution in [-0.2, 0) is 6.18 Å². The van der Waals surface area contributed by atoms with Crippen molar-refractivity contribution in [2.75, 3.05) is 0 Å². The van der Waals surface area contributed by atoms with Gasteiger partial charge < -0.3 is 5.73 Å². The van der Waals surface area contributed by atoms with Crippen LogP contribution in [0.3, 0.4) is 0 Å². The lowest BCUT2D eigenvalue weighted by atomic mass is 9.95. The first-order valence-electron chi connectivity index (χ1n) is 6.34. The van der Waals surface area contributed by atoms with E-state index in [9.17, 15) is 13.2 Å². The molecule has 1 aromatic rings. The number of hydrogen-bond acceptors (Lipinski definition) is 1. The summed E-state index contributed by atoms with van der Waals surface area (Å²) in [4.78, 5) is 0. The molecule has 0 aliphatic heterocycles. The second kappa shape index (κ2) is 6.75. The minimum absolute atomic E-state index is 0.180. The zero-order valence-corrected chi connectivity index (χ0v) is 12.7. The third-order valence-corrected chi connectivity index (χ3v) is 3.51. The minimum Gasteiger partial charge on any atom is -0.324 e. The molecule has 0 aliphatic rings. The molecular weight excluding hydrogens is 319 g/mol. The summed E-state index contributed by atoms with van der Waals surface area (Å²) < 4.78 is 39.3. The summed E-state index contributed by atoms with van der Waals surface area (Å²) in [5.74, 6) is 0.541. The average Bonchev–Trinajstić information content (AvgIpc) is 2.27.